The van der Waals surface area contributed by atoms with Crippen LogP contribution >= 0.6 is 0 Å². The standard InChI is InChI=1S/C37H29N3/c38-36(27-12-2-1-3-13-27)40-37(30-19-18-25-10-4-5-14-28(25)22-30)39-24-35-32-17-9-7-15-29(32)23-34-31-16-8-6-11-26(31)20-21-33(34)35/h1-24,36-37,40H,38H2. The first-order chi connectivity index (χ1) is 19.7. The van der Waals surface area contributed by atoms with Crippen LogP contribution in [0.1, 0.15) is 29.0 Å². The molecule has 0 amide bonds. The van der Waals surface area contributed by atoms with Crippen molar-refractivity contribution < 1.29 is 0 Å². The molecule has 2 unspecified atom stereocenters. The third kappa shape index (κ3) is 4.52. The summed E-state index contributed by atoms with van der Waals surface area (Å²) < 4.78 is 0. The zero-order valence-electron chi connectivity index (χ0n) is 22.0. The smallest absolute Gasteiger partial charge is 0.127 e. The van der Waals surface area contributed by atoms with Crippen molar-refractivity contribution in [1.82, 2.24) is 5.32 Å². The van der Waals surface area contributed by atoms with Crippen molar-refractivity contribution in [2.75, 3.05) is 0 Å². The van der Waals surface area contributed by atoms with E-state index in [-0.39, 0.29) is 12.3 Å². The SMILES string of the molecule is NC(NC(N=Cc1c2ccccc2cc2c1ccc1ccccc12)c1ccc2ccccc2c1)c1ccccc1. The molecule has 0 bridgehead atoms. The normalized spacial score (nSPS) is 13.4. The molecule has 0 saturated heterocycles. The highest BCUT2D eigenvalue weighted by molar-refractivity contribution is 6.20. The van der Waals surface area contributed by atoms with Crippen molar-refractivity contribution in [3.05, 3.63) is 156 Å². The fraction of sp³-hybridized carbons (Fsp3) is 0.0541. The Bertz CT molecular complexity index is 2010. The molecule has 0 aliphatic carbocycles. The Morgan fingerprint density at radius 3 is 1.98 bits per heavy atom. The predicted octanol–water partition coefficient (Wildman–Crippen LogP) is 8.66. The van der Waals surface area contributed by atoms with Crippen molar-refractivity contribution >= 4 is 49.3 Å². The highest BCUT2D eigenvalue weighted by Crippen LogP contribution is 2.33. The van der Waals surface area contributed by atoms with Crippen molar-refractivity contribution in [2.45, 2.75) is 12.3 Å². The number of nitrogens with two attached hydrogens (primary N) is 1. The van der Waals surface area contributed by atoms with Gasteiger partial charge in [-0.05, 0) is 66.3 Å². The minimum absolute atomic E-state index is 0.339. The number of nitrogens with zero attached hydrogens (tertiary/aromatic N) is 1. The Morgan fingerprint density at radius 1 is 0.500 bits per heavy atom. The van der Waals surface area contributed by atoms with Crippen molar-refractivity contribution in [3.63, 3.8) is 0 Å². The van der Waals surface area contributed by atoms with E-state index in [1.807, 2.05) is 36.5 Å². The van der Waals surface area contributed by atoms with Crippen molar-refractivity contribution in [1.29, 1.82) is 0 Å². The molecule has 7 aromatic rings. The number of rotatable bonds is 6. The number of fused-ring (bicyclic) bond motifs is 5. The molecule has 3 heteroatoms. The number of hydrogen-bond acceptors (Lipinski definition) is 3. The van der Waals surface area contributed by atoms with Crippen LogP contribution < -0.4 is 11.1 Å². The molecular weight excluding hydrogens is 486 g/mol. The Balaban J connectivity index is 1.39. The van der Waals surface area contributed by atoms with E-state index in [1.165, 1.54) is 43.1 Å². The molecule has 0 saturated carbocycles. The predicted molar refractivity (Wildman–Crippen MR) is 170 cm³/mol. The van der Waals surface area contributed by atoms with Gasteiger partial charge in [-0.3, -0.25) is 10.3 Å². The van der Waals surface area contributed by atoms with Crippen LogP contribution in [0, 0.1) is 0 Å². The summed E-state index contributed by atoms with van der Waals surface area (Å²) in [7, 11) is 0. The van der Waals surface area contributed by atoms with Gasteiger partial charge in [0.05, 0.1) is 6.17 Å². The average molecular weight is 516 g/mol. The highest BCUT2D eigenvalue weighted by Gasteiger charge is 2.16. The van der Waals surface area contributed by atoms with Crippen LogP contribution in [0.2, 0.25) is 0 Å². The van der Waals surface area contributed by atoms with Crippen LogP contribution in [-0.2, 0) is 0 Å². The van der Waals surface area contributed by atoms with E-state index < -0.39 is 0 Å². The summed E-state index contributed by atoms with van der Waals surface area (Å²) in [6, 6.07) is 48.9. The first-order valence-corrected chi connectivity index (χ1v) is 13.7. The topological polar surface area (TPSA) is 50.4 Å². The van der Waals surface area contributed by atoms with Crippen LogP contribution in [0.25, 0.3) is 43.1 Å². The molecule has 0 radical (unpaired) electrons. The molecule has 7 rings (SSSR count). The molecule has 3 N–H and O–H groups in total. The van der Waals surface area contributed by atoms with Crippen LogP contribution in [0.15, 0.2) is 145 Å². The Kier molecular flexibility index (Phi) is 6.29. The summed E-state index contributed by atoms with van der Waals surface area (Å²) in [5, 5.41) is 13.2. The fourth-order valence-corrected chi connectivity index (χ4v) is 5.67. The quantitative estimate of drug-likeness (QED) is 0.101. The molecular formula is C37H29N3. The zero-order chi connectivity index (χ0) is 26.9. The fourth-order valence-electron chi connectivity index (χ4n) is 5.67. The first kappa shape index (κ1) is 24.2. The number of nitrogens with one attached hydrogen (secondary N) is 1. The van der Waals surface area contributed by atoms with Crippen LogP contribution in [0.5, 0.6) is 0 Å². The Labute approximate surface area is 233 Å². The lowest BCUT2D eigenvalue weighted by Gasteiger charge is -2.22. The van der Waals surface area contributed by atoms with E-state index >= 15 is 0 Å². The lowest BCUT2D eigenvalue weighted by Crippen LogP contribution is -2.31. The number of benzene rings is 7. The van der Waals surface area contributed by atoms with E-state index in [1.54, 1.807) is 0 Å². The van der Waals surface area contributed by atoms with Crippen molar-refractivity contribution in [2.24, 2.45) is 10.7 Å². The number of aliphatic imine (C=N–C) groups is 1. The van der Waals surface area contributed by atoms with Gasteiger partial charge in [-0.25, -0.2) is 0 Å². The van der Waals surface area contributed by atoms with E-state index in [0.717, 1.165) is 16.7 Å². The monoisotopic (exact) mass is 515 g/mol. The van der Waals surface area contributed by atoms with Gasteiger partial charge in [-0.2, -0.15) is 0 Å². The first-order valence-electron chi connectivity index (χ1n) is 13.7. The van der Waals surface area contributed by atoms with Crippen LogP contribution in [0.3, 0.4) is 0 Å². The second-order valence-corrected chi connectivity index (χ2v) is 10.2. The zero-order valence-corrected chi connectivity index (χ0v) is 22.0. The maximum absolute atomic E-state index is 6.67. The van der Waals surface area contributed by atoms with E-state index in [9.17, 15) is 0 Å². The van der Waals surface area contributed by atoms with Gasteiger partial charge in [-0.15, -0.1) is 0 Å². The molecule has 192 valence electrons. The lowest BCUT2D eigenvalue weighted by molar-refractivity contribution is 0.467. The summed E-state index contributed by atoms with van der Waals surface area (Å²) in [6.07, 6.45) is 1.32. The molecule has 0 aromatic heterocycles. The molecule has 0 aliphatic rings. The maximum Gasteiger partial charge on any atom is 0.127 e. The minimum Gasteiger partial charge on any atom is -0.312 e. The largest absolute Gasteiger partial charge is 0.312 e. The van der Waals surface area contributed by atoms with E-state index in [0.29, 0.717) is 0 Å². The van der Waals surface area contributed by atoms with E-state index in [4.69, 9.17) is 10.7 Å². The summed E-state index contributed by atoms with van der Waals surface area (Å²) in [5.74, 6) is 0. The van der Waals surface area contributed by atoms with Gasteiger partial charge in [0, 0.05) is 11.8 Å². The number of hydrogen-bond donors (Lipinski definition) is 2. The molecule has 40 heavy (non-hydrogen) atoms. The van der Waals surface area contributed by atoms with Gasteiger partial charge in [0.15, 0.2) is 0 Å². The molecule has 0 aliphatic heterocycles. The summed E-state index contributed by atoms with van der Waals surface area (Å²) in [4.78, 5) is 5.20. The third-order valence-corrected chi connectivity index (χ3v) is 7.75. The Morgan fingerprint density at radius 2 is 1.15 bits per heavy atom. The average Bonchev–Trinajstić information content (AvgIpc) is 3.02. The molecule has 0 fully saturated rings. The van der Waals surface area contributed by atoms with Gasteiger partial charge in [0.2, 0.25) is 0 Å². The van der Waals surface area contributed by atoms with E-state index in [2.05, 4.69) is 115 Å². The highest BCUT2D eigenvalue weighted by atomic mass is 15.1. The molecule has 3 nitrogen and oxygen atoms in total. The third-order valence-electron chi connectivity index (χ3n) is 7.75. The summed E-state index contributed by atoms with van der Waals surface area (Å²) >= 11 is 0. The van der Waals surface area contributed by atoms with Gasteiger partial charge in [-0.1, -0.05) is 127 Å². The molecule has 0 spiro atoms. The Hall–Kier alpha value is -4.83. The van der Waals surface area contributed by atoms with Gasteiger partial charge >= 0.3 is 0 Å². The van der Waals surface area contributed by atoms with Crippen LogP contribution in [-0.4, -0.2) is 6.21 Å². The molecule has 7 aromatic carbocycles. The lowest BCUT2D eigenvalue weighted by atomic mass is 9.94. The summed E-state index contributed by atoms with van der Waals surface area (Å²) in [6.45, 7) is 0. The maximum atomic E-state index is 6.67. The van der Waals surface area contributed by atoms with Gasteiger partial charge < -0.3 is 5.73 Å². The second kappa shape index (κ2) is 10.4. The van der Waals surface area contributed by atoms with Crippen LogP contribution in [0.4, 0.5) is 0 Å². The van der Waals surface area contributed by atoms with Crippen molar-refractivity contribution in [3.8, 4) is 0 Å². The van der Waals surface area contributed by atoms with Gasteiger partial charge in [0.1, 0.15) is 6.17 Å². The van der Waals surface area contributed by atoms with Gasteiger partial charge in [0.25, 0.3) is 0 Å². The molecule has 0 heterocycles. The summed E-state index contributed by atoms with van der Waals surface area (Å²) in [5.41, 5.74) is 9.87. The minimum atomic E-state index is -0.372. The molecule has 2 atom stereocenters. The second-order valence-electron chi connectivity index (χ2n) is 10.2.